The molecule has 0 radical (unpaired) electrons. The minimum absolute atomic E-state index is 0.0925. The molecule has 72 valence electrons. The van der Waals surface area contributed by atoms with Crippen LogP contribution in [0.1, 0.15) is 6.92 Å². The zero-order chi connectivity index (χ0) is 9.84. The van der Waals surface area contributed by atoms with Crippen molar-refractivity contribution in [2.45, 2.75) is 6.92 Å². The van der Waals surface area contributed by atoms with Gasteiger partial charge in [-0.15, -0.1) is 0 Å². The lowest BCUT2D eigenvalue weighted by Gasteiger charge is -2.23. The molecule has 0 fully saturated rings. The van der Waals surface area contributed by atoms with Crippen molar-refractivity contribution >= 4 is 5.97 Å². The van der Waals surface area contributed by atoms with Crippen LogP contribution in [-0.2, 0) is 4.79 Å². The van der Waals surface area contributed by atoms with Crippen LogP contribution in [0.2, 0.25) is 0 Å². The standard InChI is InChI=1S/C10H15NO2/c1-7-8(6-11-2)4-3-5-9(7)10(12)13/h3-5,7,9,11H,6H2,1-2H3,(H,12,13). The molecule has 0 aromatic rings. The van der Waals surface area contributed by atoms with E-state index in [2.05, 4.69) is 5.32 Å². The molecule has 3 heteroatoms. The predicted octanol–water partition coefficient (Wildman–Crippen LogP) is 1.04. The second-order valence-electron chi connectivity index (χ2n) is 3.31. The Morgan fingerprint density at radius 2 is 2.38 bits per heavy atom. The normalized spacial score (nSPS) is 27.1. The zero-order valence-electron chi connectivity index (χ0n) is 7.95. The van der Waals surface area contributed by atoms with E-state index in [1.165, 1.54) is 0 Å². The second-order valence-corrected chi connectivity index (χ2v) is 3.31. The van der Waals surface area contributed by atoms with Gasteiger partial charge in [-0.3, -0.25) is 4.79 Å². The molecule has 3 nitrogen and oxygen atoms in total. The van der Waals surface area contributed by atoms with Gasteiger partial charge in [0.1, 0.15) is 0 Å². The third kappa shape index (κ3) is 2.18. The highest BCUT2D eigenvalue weighted by Gasteiger charge is 2.26. The summed E-state index contributed by atoms with van der Waals surface area (Å²) >= 11 is 0. The fourth-order valence-corrected chi connectivity index (χ4v) is 1.57. The number of hydrogen-bond acceptors (Lipinski definition) is 2. The van der Waals surface area contributed by atoms with Crippen LogP contribution in [0.5, 0.6) is 0 Å². The highest BCUT2D eigenvalue weighted by atomic mass is 16.4. The van der Waals surface area contributed by atoms with Crippen LogP contribution in [-0.4, -0.2) is 24.7 Å². The van der Waals surface area contributed by atoms with E-state index in [4.69, 9.17) is 5.11 Å². The largest absolute Gasteiger partial charge is 0.481 e. The minimum atomic E-state index is -0.745. The number of aliphatic carboxylic acids is 1. The number of hydrogen-bond donors (Lipinski definition) is 2. The summed E-state index contributed by atoms with van der Waals surface area (Å²) in [6, 6.07) is 0. The topological polar surface area (TPSA) is 49.3 Å². The van der Waals surface area contributed by atoms with Crippen molar-refractivity contribution in [1.82, 2.24) is 5.32 Å². The Labute approximate surface area is 78.1 Å². The summed E-state index contributed by atoms with van der Waals surface area (Å²) in [5, 5.41) is 11.9. The highest BCUT2D eigenvalue weighted by Crippen LogP contribution is 2.25. The molecule has 0 saturated carbocycles. The molecule has 2 N–H and O–H groups in total. The maximum absolute atomic E-state index is 10.8. The first-order valence-electron chi connectivity index (χ1n) is 4.41. The molecule has 0 spiro atoms. The van der Waals surface area contributed by atoms with Crippen LogP contribution in [0.4, 0.5) is 0 Å². The number of carboxylic acid groups (broad SMARTS) is 1. The van der Waals surface area contributed by atoms with Gasteiger partial charge in [-0.1, -0.05) is 30.7 Å². The molecular weight excluding hydrogens is 166 g/mol. The Morgan fingerprint density at radius 3 is 2.92 bits per heavy atom. The average Bonchev–Trinajstić information content (AvgIpc) is 2.08. The molecule has 1 rings (SSSR count). The van der Waals surface area contributed by atoms with Crippen molar-refractivity contribution in [3.05, 3.63) is 23.8 Å². The lowest BCUT2D eigenvalue weighted by molar-refractivity contribution is -0.141. The van der Waals surface area contributed by atoms with Gasteiger partial charge in [-0.25, -0.2) is 0 Å². The predicted molar refractivity (Wildman–Crippen MR) is 51.4 cm³/mol. The Balaban J connectivity index is 2.74. The Hall–Kier alpha value is -1.09. The Morgan fingerprint density at radius 1 is 1.69 bits per heavy atom. The zero-order valence-corrected chi connectivity index (χ0v) is 7.95. The van der Waals surface area contributed by atoms with Gasteiger partial charge in [-0.2, -0.15) is 0 Å². The van der Waals surface area contributed by atoms with Crippen molar-refractivity contribution in [3.63, 3.8) is 0 Å². The highest BCUT2D eigenvalue weighted by molar-refractivity contribution is 5.73. The van der Waals surface area contributed by atoms with E-state index in [1.54, 1.807) is 6.08 Å². The van der Waals surface area contributed by atoms with Crippen molar-refractivity contribution < 1.29 is 9.90 Å². The summed E-state index contributed by atoms with van der Waals surface area (Å²) in [5.74, 6) is -1.02. The van der Waals surface area contributed by atoms with E-state index in [-0.39, 0.29) is 11.8 Å². The van der Waals surface area contributed by atoms with Crippen LogP contribution in [0, 0.1) is 11.8 Å². The molecule has 1 aliphatic rings. The van der Waals surface area contributed by atoms with Crippen LogP contribution >= 0.6 is 0 Å². The molecule has 0 heterocycles. The van der Waals surface area contributed by atoms with Crippen molar-refractivity contribution in [1.29, 1.82) is 0 Å². The molecular formula is C10H15NO2. The van der Waals surface area contributed by atoms with Crippen molar-refractivity contribution in [2.75, 3.05) is 13.6 Å². The quantitative estimate of drug-likeness (QED) is 0.684. The lowest BCUT2D eigenvalue weighted by Crippen LogP contribution is -2.27. The van der Waals surface area contributed by atoms with Gasteiger partial charge in [0.15, 0.2) is 0 Å². The van der Waals surface area contributed by atoms with E-state index in [0.717, 1.165) is 12.1 Å². The molecule has 0 amide bonds. The van der Waals surface area contributed by atoms with Crippen molar-refractivity contribution in [2.24, 2.45) is 11.8 Å². The summed E-state index contributed by atoms with van der Waals surface area (Å²) in [4.78, 5) is 10.8. The summed E-state index contributed by atoms with van der Waals surface area (Å²) < 4.78 is 0. The average molecular weight is 181 g/mol. The van der Waals surface area contributed by atoms with Crippen LogP contribution in [0.3, 0.4) is 0 Å². The maximum atomic E-state index is 10.8. The molecule has 13 heavy (non-hydrogen) atoms. The second kappa shape index (κ2) is 4.23. The van der Waals surface area contributed by atoms with Gasteiger partial charge in [0.25, 0.3) is 0 Å². The van der Waals surface area contributed by atoms with Crippen molar-refractivity contribution in [3.8, 4) is 0 Å². The van der Waals surface area contributed by atoms with E-state index in [0.29, 0.717) is 0 Å². The molecule has 1 aliphatic carbocycles. The minimum Gasteiger partial charge on any atom is -0.481 e. The van der Waals surface area contributed by atoms with Gasteiger partial charge >= 0.3 is 5.97 Å². The number of allylic oxidation sites excluding steroid dienone is 2. The SMILES string of the molecule is CNCC1=CC=CC(C(=O)O)C1C. The molecule has 0 bridgehead atoms. The fourth-order valence-electron chi connectivity index (χ4n) is 1.57. The third-order valence-electron chi connectivity index (χ3n) is 2.42. The summed E-state index contributed by atoms with van der Waals surface area (Å²) in [6.45, 7) is 2.71. The third-order valence-corrected chi connectivity index (χ3v) is 2.42. The van der Waals surface area contributed by atoms with Gasteiger partial charge in [0.05, 0.1) is 5.92 Å². The number of rotatable bonds is 3. The van der Waals surface area contributed by atoms with Gasteiger partial charge in [-0.05, 0) is 13.0 Å². The summed E-state index contributed by atoms with van der Waals surface area (Å²) in [5.41, 5.74) is 1.15. The van der Waals surface area contributed by atoms with E-state index >= 15 is 0 Å². The summed E-state index contributed by atoms with van der Waals surface area (Å²) in [7, 11) is 1.86. The van der Waals surface area contributed by atoms with Gasteiger partial charge < -0.3 is 10.4 Å². The van der Waals surface area contributed by atoms with E-state index in [9.17, 15) is 4.79 Å². The monoisotopic (exact) mass is 181 g/mol. The first-order chi connectivity index (χ1) is 6.16. The fraction of sp³-hybridized carbons (Fsp3) is 0.500. The summed E-state index contributed by atoms with van der Waals surface area (Å²) in [6.07, 6.45) is 5.55. The smallest absolute Gasteiger partial charge is 0.310 e. The van der Waals surface area contributed by atoms with Crippen LogP contribution < -0.4 is 5.32 Å². The lowest BCUT2D eigenvalue weighted by atomic mass is 9.83. The Kier molecular flexibility index (Phi) is 3.25. The van der Waals surface area contributed by atoms with Crippen LogP contribution in [0.15, 0.2) is 23.8 Å². The molecule has 0 saturated heterocycles. The Bertz CT molecular complexity index is 256. The molecule has 0 aromatic carbocycles. The number of carboxylic acids is 1. The molecule has 0 aromatic heterocycles. The number of nitrogens with one attached hydrogen (secondary N) is 1. The van der Waals surface area contributed by atoms with E-state index < -0.39 is 5.97 Å². The first-order valence-corrected chi connectivity index (χ1v) is 4.41. The maximum Gasteiger partial charge on any atom is 0.310 e. The first kappa shape index (κ1) is 9.99. The molecule has 0 aliphatic heterocycles. The van der Waals surface area contributed by atoms with E-state index in [1.807, 2.05) is 26.1 Å². The molecule has 2 atom stereocenters. The molecule has 2 unspecified atom stereocenters. The number of likely N-dealkylation sites (N-methyl/N-ethyl adjacent to an activating group) is 1. The van der Waals surface area contributed by atoms with Crippen LogP contribution in [0.25, 0.3) is 0 Å². The number of carbonyl (C=O) groups is 1. The van der Waals surface area contributed by atoms with Gasteiger partial charge in [0, 0.05) is 6.54 Å². The van der Waals surface area contributed by atoms with Gasteiger partial charge in [0.2, 0.25) is 0 Å².